The number of hydrogen-bond acceptors (Lipinski definition) is 2. The number of aromatic nitrogens is 3. The quantitative estimate of drug-likeness (QED) is 0.678. The van der Waals surface area contributed by atoms with Gasteiger partial charge in [0.2, 0.25) is 0 Å². The van der Waals surface area contributed by atoms with Crippen molar-refractivity contribution in [3.05, 3.63) is 11.4 Å². The summed E-state index contributed by atoms with van der Waals surface area (Å²) >= 11 is 0. The highest BCUT2D eigenvalue weighted by atomic mass is 15.4. The average Bonchev–Trinajstić information content (AvgIpc) is 2.41. The molecule has 0 saturated carbocycles. The molecule has 0 aliphatic heterocycles. The Balaban J connectivity index is 0.000000561. The highest BCUT2D eigenvalue weighted by molar-refractivity contribution is 5.06. The third-order valence-electron chi connectivity index (χ3n) is 1.69. The molecule has 0 saturated heterocycles. The Labute approximate surface area is 74.8 Å². The van der Waals surface area contributed by atoms with E-state index >= 15 is 0 Å². The van der Waals surface area contributed by atoms with Crippen molar-refractivity contribution in [3.63, 3.8) is 0 Å². The molecule has 12 heavy (non-hydrogen) atoms. The lowest BCUT2D eigenvalue weighted by Crippen LogP contribution is -1.93. The van der Waals surface area contributed by atoms with Crippen LogP contribution < -0.4 is 0 Å². The zero-order chi connectivity index (χ0) is 9.56. The summed E-state index contributed by atoms with van der Waals surface area (Å²) in [7, 11) is 1.92. The second-order valence-corrected chi connectivity index (χ2v) is 2.50. The van der Waals surface area contributed by atoms with Crippen molar-refractivity contribution >= 4 is 0 Å². The fourth-order valence-corrected chi connectivity index (χ4v) is 0.915. The van der Waals surface area contributed by atoms with E-state index in [2.05, 4.69) is 17.2 Å². The minimum atomic E-state index is 1.04. The molecule has 0 amide bonds. The van der Waals surface area contributed by atoms with Gasteiger partial charge in [0.25, 0.3) is 0 Å². The van der Waals surface area contributed by atoms with Gasteiger partial charge in [-0.25, -0.2) is 0 Å². The van der Waals surface area contributed by atoms with Gasteiger partial charge < -0.3 is 0 Å². The van der Waals surface area contributed by atoms with Crippen LogP contribution in [0.2, 0.25) is 0 Å². The van der Waals surface area contributed by atoms with Gasteiger partial charge in [-0.3, -0.25) is 4.68 Å². The van der Waals surface area contributed by atoms with Gasteiger partial charge in [0.1, 0.15) is 0 Å². The van der Waals surface area contributed by atoms with Crippen molar-refractivity contribution < 1.29 is 0 Å². The smallest absolute Gasteiger partial charge is 0.0856 e. The summed E-state index contributed by atoms with van der Waals surface area (Å²) in [6.45, 7) is 8.19. The summed E-state index contributed by atoms with van der Waals surface area (Å²) in [5.41, 5.74) is 2.31. The molecule has 1 heterocycles. The van der Waals surface area contributed by atoms with Crippen LogP contribution in [0.1, 0.15) is 38.6 Å². The van der Waals surface area contributed by atoms with Crippen LogP contribution >= 0.6 is 0 Å². The number of aryl methyl sites for hydroxylation is 2. The summed E-state index contributed by atoms with van der Waals surface area (Å²) in [5.74, 6) is 0. The zero-order valence-electron chi connectivity index (χ0n) is 8.76. The first-order chi connectivity index (χ1) is 5.75. The van der Waals surface area contributed by atoms with E-state index in [1.165, 1.54) is 5.69 Å². The van der Waals surface area contributed by atoms with Crippen molar-refractivity contribution in [2.24, 2.45) is 7.05 Å². The van der Waals surface area contributed by atoms with Gasteiger partial charge in [0.05, 0.1) is 11.4 Å². The molecule has 0 aliphatic rings. The minimum absolute atomic E-state index is 1.04. The van der Waals surface area contributed by atoms with E-state index in [9.17, 15) is 0 Å². The topological polar surface area (TPSA) is 30.7 Å². The highest BCUT2D eigenvalue weighted by Gasteiger charge is 2.02. The molecule has 1 aromatic heterocycles. The zero-order valence-corrected chi connectivity index (χ0v) is 8.76. The molecule has 0 fully saturated rings. The fraction of sp³-hybridized carbons (Fsp3) is 0.778. The van der Waals surface area contributed by atoms with Crippen molar-refractivity contribution in [1.82, 2.24) is 15.0 Å². The molecule has 0 radical (unpaired) electrons. The summed E-state index contributed by atoms with van der Waals surface area (Å²) < 4.78 is 1.81. The van der Waals surface area contributed by atoms with E-state index in [4.69, 9.17) is 0 Å². The van der Waals surface area contributed by atoms with E-state index in [1.54, 1.807) is 0 Å². The Morgan fingerprint density at radius 1 is 1.33 bits per heavy atom. The molecule has 1 aromatic rings. The van der Waals surface area contributed by atoms with Crippen molar-refractivity contribution in [2.75, 3.05) is 0 Å². The molecule has 0 aliphatic carbocycles. The maximum atomic E-state index is 4.02. The van der Waals surface area contributed by atoms with Gasteiger partial charge in [-0.05, 0) is 13.3 Å². The molecule has 3 heteroatoms. The molecule has 1 rings (SSSR count). The number of hydrogen-bond donors (Lipinski definition) is 0. The molecule has 0 atom stereocenters. The van der Waals surface area contributed by atoms with Gasteiger partial charge in [0, 0.05) is 7.05 Å². The summed E-state index contributed by atoms with van der Waals surface area (Å²) in [4.78, 5) is 0. The van der Waals surface area contributed by atoms with Gasteiger partial charge in [-0.1, -0.05) is 32.4 Å². The van der Waals surface area contributed by atoms with Crippen LogP contribution in [0.5, 0.6) is 0 Å². The number of rotatable bonds is 2. The summed E-state index contributed by atoms with van der Waals surface area (Å²) in [6.07, 6.45) is 2.18. The van der Waals surface area contributed by atoms with Crippen LogP contribution in [0.3, 0.4) is 0 Å². The van der Waals surface area contributed by atoms with Crippen LogP contribution in [-0.4, -0.2) is 15.0 Å². The number of nitrogens with zero attached hydrogens (tertiary/aromatic N) is 3. The molecule has 0 N–H and O–H groups in total. The molecule has 0 unspecified atom stereocenters. The van der Waals surface area contributed by atoms with Gasteiger partial charge >= 0.3 is 0 Å². The fourth-order valence-electron chi connectivity index (χ4n) is 0.915. The molecule has 0 bridgehead atoms. The lowest BCUT2D eigenvalue weighted by Gasteiger charge is -1.93. The lowest BCUT2D eigenvalue weighted by molar-refractivity contribution is 0.696. The molecule has 3 nitrogen and oxygen atoms in total. The largest absolute Gasteiger partial charge is 0.252 e. The lowest BCUT2D eigenvalue weighted by atomic mass is 10.2. The van der Waals surface area contributed by atoms with Crippen LogP contribution in [0.25, 0.3) is 0 Å². The van der Waals surface area contributed by atoms with Crippen molar-refractivity contribution in [3.8, 4) is 0 Å². The SMILES string of the molecule is CC.CCCc1nnn(C)c1C. The first-order valence-electron chi connectivity index (χ1n) is 4.61. The van der Waals surface area contributed by atoms with E-state index in [0.29, 0.717) is 0 Å². The Kier molecular flexibility index (Phi) is 5.34. The Morgan fingerprint density at radius 3 is 2.25 bits per heavy atom. The first kappa shape index (κ1) is 11.1. The summed E-state index contributed by atoms with van der Waals surface area (Å²) in [5, 5.41) is 7.92. The first-order valence-corrected chi connectivity index (χ1v) is 4.61. The Bertz CT molecular complexity index is 216. The molecule has 70 valence electrons. The molecule has 0 spiro atoms. The van der Waals surface area contributed by atoms with Crippen LogP contribution in [0, 0.1) is 6.92 Å². The maximum Gasteiger partial charge on any atom is 0.0856 e. The normalized spacial score (nSPS) is 9.08. The molecular weight excluding hydrogens is 150 g/mol. The molecular formula is C9H19N3. The van der Waals surface area contributed by atoms with E-state index in [0.717, 1.165) is 18.5 Å². The van der Waals surface area contributed by atoms with Crippen LogP contribution in [0.4, 0.5) is 0 Å². The van der Waals surface area contributed by atoms with E-state index in [-0.39, 0.29) is 0 Å². The second-order valence-electron chi connectivity index (χ2n) is 2.50. The van der Waals surface area contributed by atoms with Gasteiger partial charge in [-0.15, -0.1) is 5.10 Å². The predicted molar refractivity (Wildman–Crippen MR) is 51.1 cm³/mol. The minimum Gasteiger partial charge on any atom is -0.252 e. The third kappa shape index (κ3) is 2.64. The van der Waals surface area contributed by atoms with Crippen LogP contribution in [0.15, 0.2) is 0 Å². The van der Waals surface area contributed by atoms with Crippen molar-refractivity contribution in [2.45, 2.75) is 40.5 Å². The highest BCUT2D eigenvalue weighted by Crippen LogP contribution is 2.03. The van der Waals surface area contributed by atoms with Gasteiger partial charge in [-0.2, -0.15) is 0 Å². The third-order valence-corrected chi connectivity index (χ3v) is 1.69. The predicted octanol–water partition coefficient (Wildman–Crippen LogP) is 2.10. The van der Waals surface area contributed by atoms with E-state index < -0.39 is 0 Å². The average molecular weight is 169 g/mol. The van der Waals surface area contributed by atoms with E-state index in [1.807, 2.05) is 32.5 Å². The summed E-state index contributed by atoms with van der Waals surface area (Å²) in [6, 6.07) is 0. The monoisotopic (exact) mass is 169 g/mol. The molecule has 0 aromatic carbocycles. The standard InChI is InChI=1S/C7H13N3.C2H6/c1-4-5-7-6(2)10(3)9-8-7;1-2/h4-5H2,1-3H3;1-2H3. The Hall–Kier alpha value is -0.860. The maximum absolute atomic E-state index is 4.02. The van der Waals surface area contributed by atoms with Crippen molar-refractivity contribution in [1.29, 1.82) is 0 Å². The Morgan fingerprint density at radius 2 is 1.92 bits per heavy atom. The second kappa shape index (κ2) is 5.75. The van der Waals surface area contributed by atoms with Gasteiger partial charge in [0.15, 0.2) is 0 Å². The van der Waals surface area contributed by atoms with Crippen LogP contribution in [-0.2, 0) is 13.5 Å².